The Morgan fingerprint density at radius 1 is 1.48 bits per heavy atom. The highest BCUT2D eigenvalue weighted by Gasteiger charge is 2.33. The number of nitrogens with zero attached hydrogens (tertiary/aromatic N) is 1. The molecule has 1 atom stereocenters. The van der Waals surface area contributed by atoms with Gasteiger partial charge < -0.3 is 5.11 Å². The zero-order chi connectivity index (χ0) is 15.6. The van der Waals surface area contributed by atoms with Crippen molar-refractivity contribution in [1.82, 2.24) is 4.90 Å². The molecular formula is C14H18ClNO4S. The van der Waals surface area contributed by atoms with Gasteiger partial charge in [-0.05, 0) is 30.5 Å². The summed E-state index contributed by atoms with van der Waals surface area (Å²) in [6.07, 6.45) is 0.481. The fourth-order valence-electron chi connectivity index (χ4n) is 2.52. The Labute approximate surface area is 129 Å². The van der Waals surface area contributed by atoms with Crippen LogP contribution in [0, 0.1) is 6.92 Å². The minimum Gasteiger partial charge on any atom is -0.480 e. The van der Waals surface area contributed by atoms with Crippen molar-refractivity contribution in [3.05, 3.63) is 34.3 Å². The van der Waals surface area contributed by atoms with Gasteiger partial charge in [0.05, 0.1) is 18.1 Å². The number of halogens is 1. The van der Waals surface area contributed by atoms with Crippen LogP contribution in [0.2, 0.25) is 5.02 Å². The number of benzene rings is 1. The van der Waals surface area contributed by atoms with Gasteiger partial charge in [-0.1, -0.05) is 23.7 Å². The first-order chi connectivity index (χ1) is 9.77. The number of hydrogen-bond acceptors (Lipinski definition) is 4. The van der Waals surface area contributed by atoms with E-state index in [0.29, 0.717) is 18.0 Å². The maximum absolute atomic E-state index is 11.6. The number of aryl methyl sites for hydroxylation is 1. The van der Waals surface area contributed by atoms with Crippen molar-refractivity contribution in [1.29, 1.82) is 0 Å². The van der Waals surface area contributed by atoms with E-state index in [1.807, 2.05) is 19.1 Å². The first-order valence-corrected chi connectivity index (χ1v) is 8.88. The Morgan fingerprint density at radius 3 is 2.71 bits per heavy atom. The Morgan fingerprint density at radius 2 is 2.19 bits per heavy atom. The lowest BCUT2D eigenvalue weighted by molar-refractivity contribution is -0.139. The molecule has 2 rings (SSSR count). The Kier molecular flexibility index (Phi) is 4.91. The molecule has 1 aromatic rings. The van der Waals surface area contributed by atoms with Gasteiger partial charge in [0.1, 0.15) is 0 Å². The Balaban J connectivity index is 2.16. The number of sulfone groups is 1. The molecule has 7 heteroatoms. The molecule has 1 saturated heterocycles. The van der Waals surface area contributed by atoms with E-state index in [2.05, 4.69) is 0 Å². The lowest BCUT2D eigenvalue weighted by Crippen LogP contribution is -2.39. The van der Waals surface area contributed by atoms with Crippen LogP contribution in [0.4, 0.5) is 0 Å². The van der Waals surface area contributed by atoms with Crippen LogP contribution in [-0.4, -0.2) is 48.5 Å². The highest BCUT2D eigenvalue weighted by molar-refractivity contribution is 7.91. The van der Waals surface area contributed by atoms with Crippen LogP contribution in [0.25, 0.3) is 0 Å². The summed E-state index contributed by atoms with van der Waals surface area (Å²) in [5, 5.41) is 9.66. The maximum Gasteiger partial charge on any atom is 0.317 e. The summed E-state index contributed by atoms with van der Waals surface area (Å²) in [7, 11) is -3.04. The average molecular weight is 332 g/mol. The molecule has 1 aromatic carbocycles. The summed E-state index contributed by atoms with van der Waals surface area (Å²) in [4.78, 5) is 12.7. The Hall–Kier alpha value is -1.11. The average Bonchev–Trinajstić information content (AvgIpc) is 2.73. The molecule has 1 unspecified atom stereocenters. The molecule has 0 aromatic heterocycles. The van der Waals surface area contributed by atoms with Crippen LogP contribution in [-0.2, 0) is 21.2 Å². The maximum atomic E-state index is 11.6. The molecule has 1 heterocycles. The van der Waals surface area contributed by atoms with Gasteiger partial charge in [-0.15, -0.1) is 0 Å². The van der Waals surface area contributed by atoms with Crippen LogP contribution in [0.1, 0.15) is 17.5 Å². The van der Waals surface area contributed by atoms with E-state index in [0.717, 1.165) is 11.1 Å². The van der Waals surface area contributed by atoms with Gasteiger partial charge in [0.2, 0.25) is 0 Å². The predicted molar refractivity (Wildman–Crippen MR) is 81.3 cm³/mol. The fraction of sp³-hybridized carbons (Fsp3) is 0.500. The molecule has 116 valence electrons. The van der Waals surface area contributed by atoms with Crippen LogP contribution in [0.5, 0.6) is 0 Å². The van der Waals surface area contributed by atoms with Gasteiger partial charge in [0, 0.05) is 17.6 Å². The molecule has 1 N–H and O–H groups in total. The topological polar surface area (TPSA) is 74.7 Å². The van der Waals surface area contributed by atoms with Crippen molar-refractivity contribution in [3.8, 4) is 0 Å². The number of carbonyl (C=O) groups is 1. The van der Waals surface area contributed by atoms with Crippen LogP contribution >= 0.6 is 11.6 Å². The number of hydrogen-bond donors (Lipinski definition) is 1. The second kappa shape index (κ2) is 6.34. The van der Waals surface area contributed by atoms with E-state index < -0.39 is 15.8 Å². The number of rotatable bonds is 5. The first kappa shape index (κ1) is 16.3. The second-order valence-corrected chi connectivity index (χ2v) is 8.08. The fourth-order valence-corrected chi connectivity index (χ4v) is 4.49. The van der Waals surface area contributed by atoms with Gasteiger partial charge in [0.15, 0.2) is 9.84 Å². The third-order valence-electron chi connectivity index (χ3n) is 3.69. The van der Waals surface area contributed by atoms with Crippen molar-refractivity contribution in [2.24, 2.45) is 0 Å². The molecule has 0 bridgehead atoms. The third-order valence-corrected chi connectivity index (χ3v) is 5.84. The van der Waals surface area contributed by atoms with Crippen molar-refractivity contribution in [2.75, 3.05) is 18.1 Å². The van der Waals surface area contributed by atoms with Crippen molar-refractivity contribution >= 4 is 27.4 Å². The van der Waals surface area contributed by atoms with Gasteiger partial charge in [-0.25, -0.2) is 8.42 Å². The minimum atomic E-state index is -3.04. The summed E-state index contributed by atoms with van der Waals surface area (Å²) in [5.41, 5.74) is 1.84. The molecule has 21 heavy (non-hydrogen) atoms. The van der Waals surface area contributed by atoms with Crippen LogP contribution < -0.4 is 0 Å². The standard InChI is InChI=1S/C14H18ClNO4S/c1-10-2-3-11(6-13(10)15)7-16(8-14(17)18)12-4-5-21(19,20)9-12/h2-3,6,12H,4-5,7-9H2,1H3,(H,17,18). The van der Waals surface area contributed by atoms with E-state index in [4.69, 9.17) is 16.7 Å². The highest BCUT2D eigenvalue weighted by Crippen LogP contribution is 2.22. The predicted octanol–water partition coefficient (Wildman–Crippen LogP) is 1.72. The lowest BCUT2D eigenvalue weighted by atomic mass is 10.1. The molecule has 1 fully saturated rings. The Bertz CT molecular complexity index is 644. The SMILES string of the molecule is Cc1ccc(CN(CC(=O)O)C2CCS(=O)(=O)C2)cc1Cl. The van der Waals surface area contributed by atoms with Crippen LogP contribution in [0.15, 0.2) is 18.2 Å². The lowest BCUT2D eigenvalue weighted by Gasteiger charge is -2.26. The van der Waals surface area contributed by atoms with Crippen molar-refractivity contribution in [2.45, 2.75) is 25.9 Å². The normalized spacial score (nSPS) is 20.8. The van der Waals surface area contributed by atoms with E-state index >= 15 is 0 Å². The summed E-state index contributed by atoms with van der Waals surface area (Å²) < 4.78 is 23.2. The summed E-state index contributed by atoms with van der Waals surface area (Å²) >= 11 is 6.08. The van der Waals surface area contributed by atoms with Gasteiger partial charge in [0.25, 0.3) is 0 Å². The molecule has 0 spiro atoms. The van der Waals surface area contributed by atoms with Gasteiger partial charge in [-0.2, -0.15) is 0 Å². The zero-order valence-corrected chi connectivity index (χ0v) is 13.3. The van der Waals surface area contributed by atoms with E-state index in [1.54, 1.807) is 11.0 Å². The minimum absolute atomic E-state index is 0.0277. The van der Waals surface area contributed by atoms with Gasteiger partial charge in [-0.3, -0.25) is 9.69 Å². The van der Waals surface area contributed by atoms with E-state index in [9.17, 15) is 13.2 Å². The van der Waals surface area contributed by atoms with Crippen molar-refractivity contribution in [3.63, 3.8) is 0 Å². The molecule has 1 aliphatic heterocycles. The molecule has 5 nitrogen and oxygen atoms in total. The van der Waals surface area contributed by atoms with Gasteiger partial charge >= 0.3 is 5.97 Å². The van der Waals surface area contributed by atoms with Crippen molar-refractivity contribution < 1.29 is 18.3 Å². The molecule has 0 saturated carbocycles. The monoisotopic (exact) mass is 331 g/mol. The number of aliphatic carboxylic acids is 1. The largest absolute Gasteiger partial charge is 0.480 e. The molecular weight excluding hydrogens is 314 g/mol. The third kappa shape index (κ3) is 4.43. The molecule has 0 aliphatic carbocycles. The van der Waals surface area contributed by atoms with E-state index in [-0.39, 0.29) is 24.1 Å². The van der Waals surface area contributed by atoms with E-state index in [1.165, 1.54) is 0 Å². The summed E-state index contributed by atoms with van der Waals surface area (Å²) in [5.74, 6) is -0.806. The summed E-state index contributed by atoms with van der Waals surface area (Å²) in [6, 6.07) is 5.32. The number of carboxylic acid groups (broad SMARTS) is 1. The molecule has 1 aliphatic rings. The first-order valence-electron chi connectivity index (χ1n) is 6.68. The quantitative estimate of drug-likeness (QED) is 0.889. The molecule has 0 radical (unpaired) electrons. The smallest absolute Gasteiger partial charge is 0.317 e. The molecule has 0 amide bonds. The highest BCUT2D eigenvalue weighted by atomic mass is 35.5. The number of carboxylic acids is 1. The van der Waals surface area contributed by atoms with Crippen LogP contribution in [0.3, 0.4) is 0 Å². The zero-order valence-electron chi connectivity index (χ0n) is 11.8. The summed E-state index contributed by atoms with van der Waals surface area (Å²) in [6.45, 7) is 2.10. The second-order valence-electron chi connectivity index (χ2n) is 5.44.